The molecule has 0 atom stereocenters. The molecular formula is C16H14Cl2N2O2S. The molecule has 0 saturated carbocycles. The number of rotatable bonds is 4. The predicted molar refractivity (Wildman–Crippen MR) is 95.3 cm³/mol. The fourth-order valence-electron chi connectivity index (χ4n) is 2.28. The lowest BCUT2D eigenvalue weighted by atomic mass is 10.2. The number of benzene rings is 1. The molecule has 4 nitrogen and oxygen atoms in total. The van der Waals surface area contributed by atoms with Crippen LogP contribution in [0.3, 0.4) is 0 Å². The van der Waals surface area contributed by atoms with Gasteiger partial charge in [0.15, 0.2) is 0 Å². The smallest absolute Gasteiger partial charge is 0.262 e. The third kappa shape index (κ3) is 3.22. The normalized spacial score (nSPS) is 11.1. The van der Waals surface area contributed by atoms with Gasteiger partial charge in [0.1, 0.15) is 17.2 Å². The second-order valence-corrected chi connectivity index (χ2v) is 7.18. The van der Waals surface area contributed by atoms with Crippen molar-refractivity contribution < 1.29 is 4.74 Å². The first-order chi connectivity index (χ1) is 11.0. The van der Waals surface area contributed by atoms with Gasteiger partial charge in [0.2, 0.25) is 0 Å². The van der Waals surface area contributed by atoms with Gasteiger partial charge >= 0.3 is 0 Å². The van der Waals surface area contributed by atoms with Crippen LogP contribution in [0.1, 0.15) is 10.4 Å². The maximum absolute atomic E-state index is 12.5. The van der Waals surface area contributed by atoms with Gasteiger partial charge in [0, 0.05) is 9.90 Å². The number of thiophene rings is 1. The van der Waals surface area contributed by atoms with Crippen molar-refractivity contribution in [2.24, 2.45) is 0 Å². The lowest BCUT2D eigenvalue weighted by Gasteiger charge is -2.09. The first-order valence-electron chi connectivity index (χ1n) is 7.00. The Labute approximate surface area is 147 Å². The zero-order chi connectivity index (χ0) is 16.6. The van der Waals surface area contributed by atoms with Crippen molar-refractivity contribution in [3.63, 3.8) is 0 Å². The number of fused-ring (bicyclic) bond motifs is 1. The molecule has 0 aliphatic carbocycles. The Balaban J connectivity index is 1.78. The van der Waals surface area contributed by atoms with E-state index >= 15 is 0 Å². The van der Waals surface area contributed by atoms with Gasteiger partial charge in [-0.25, -0.2) is 4.98 Å². The highest BCUT2D eigenvalue weighted by Crippen LogP contribution is 2.27. The van der Waals surface area contributed by atoms with E-state index in [1.54, 1.807) is 29.1 Å². The molecule has 3 rings (SSSR count). The van der Waals surface area contributed by atoms with Crippen LogP contribution in [0, 0.1) is 13.8 Å². The van der Waals surface area contributed by atoms with Crippen LogP contribution in [0.4, 0.5) is 0 Å². The molecule has 23 heavy (non-hydrogen) atoms. The minimum Gasteiger partial charge on any atom is -0.490 e. The summed E-state index contributed by atoms with van der Waals surface area (Å²) in [6.45, 7) is 4.66. The minimum atomic E-state index is -0.0392. The van der Waals surface area contributed by atoms with Crippen LogP contribution in [-0.4, -0.2) is 16.2 Å². The summed E-state index contributed by atoms with van der Waals surface area (Å²) in [5.41, 5.74) is 0.959. The predicted octanol–water partition coefficient (Wildman–Crippen LogP) is 4.46. The molecule has 0 unspecified atom stereocenters. The molecule has 0 aliphatic heterocycles. The largest absolute Gasteiger partial charge is 0.490 e. The van der Waals surface area contributed by atoms with Crippen LogP contribution in [-0.2, 0) is 6.54 Å². The van der Waals surface area contributed by atoms with Gasteiger partial charge in [-0.15, -0.1) is 11.3 Å². The van der Waals surface area contributed by atoms with E-state index in [1.807, 2.05) is 13.8 Å². The molecule has 0 amide bonds. The maximum Gasteiger partial charge on any atom is 0.262 e. The Kier molecular flexibility index (Phi) is 4.62. The lowest BCUT2D eigenvalue weighted by Crippen LogP contribution is -2.23. The maximum atomic E-state index is 12.5. The SMILES string of the molecule is Cc1sc2ncn(CCOc3ccc(Cl)cc3Cl)c(=O)c2c1C. The third-order valence-corrected chi connectivity index (χ3v) is 5.29. The van der Waals surface area contributed by atoms with Crippen LogP contribution in [0.15, 0.2) is 29.3 Å². The van der Waals surface area contributed by atoms with Gasteiger partial charge in [-0.3, -0.25) is 9.36 Å². The van der Waals surface area contributed by atoms with E-state index < -0.39 is 0 Å². The van der Waals surface area contributed by atoms with E-state index in [0.29, 0.717) is 34.3 Å². The summed E-state index contributed by atoms with van der Waals surface area (Å²) in [5.74, 6) is 0.542. The van der Waals surface area contributed by atoms with Crippen molar-refractivity contribution in [2.75, 3.05) is 6.61 Å². The molecule has 7 heteroatoms. The molecular weight excluding hydrogens is 355 g/mol. The Hall–Kier alpha value is -1.56. The molecule has 2 aromatic heterocycles. The second-order valence-electron chi connectivity index (χ2n) is 5.13. The van der Waals surface area contributed by atoms with Crippen LogP contribution in [0.2, 0.25) is 10.0 Å². The summed E-state index contributed by atoms with van der Waals surface area (Å²) in [6, 6.07) is 5.04. The van der Waals surface area contributed by atoms with Crippen LogP contribution < -0.4 is 10.3 Å². The van der Waals surface area contributed by atoms with Gasteiger partial charge in [-0.2, -0.15) is 0 Å². The van der Waals surface area contributed by atoms with Gasteiger partial charge < -0.3 is 4.74 Å². The fraction of sp³-hybridized carbons (Fsp3) is 0.250. The highest BCUT2D eigenvalue weighted by Gasteiger charge is 2.12. The van der Waals surface area contributed by atoms with Crippen LogP contribution in [0.5, 0.6) is 5.75 Å². The van der Waals surface area contributed by atoms with Crippen LogP contribution >= 0.6 is 34.5 Å². The van der Waals surface area contributed by atoms with Crippen molar-refractivity contribution in [1.82, 2.24) is 9.55 Å². The second kappa shape index (κ2) is 6.51. The van der Waals surface area contributed by atoms with E-state index in [4.69, 9.17) is 27.9 Å². The number of aromatic nitrogens is 2. The molecule has 3 aromatic rings. The van der Waals surface area contributed by atoms with E-state index in [0.717, 1.165) is 15.3 Å². The first-order valence-corrected chi connectivity index (χ1v) is 8.57. The van der Waals surface area contributed by atoms with Crippen LogP contribution in [0.25, 0.3) is 10.2 Å². The molecule has 0 radical (unpaired) electrons. The molecule has 0 fully saturated rings. The number of hydrogen-bond donors (Lipinski definition) is 0. The Bertz CT molecular complexity index is 934. The molecule has 0 aliphatic rings. The van der Waals surface area contributed by atoms with Gasteiger partial charge in [-0.1, -0.05) is 23.2 Å². The Morgan fingerprint density at radius 2 is 2.09 bits per heavy atom. The van der Waals surface area contributed by atoms with E-state index in [1.165, 1.54) is 11.3 Å². The standard InChI is InChI=1S/C16H14Cl2N2O2S/c1-9-10(2)23-15-14(9)16(21)20(8-19-15)5-6-22-13-4-3-11(17)7-12(13)18/h3-4,7-8H,5-6H2,1-2H3. The average Bonchev–Trinajstić information content (AvgIpc) is 2.79. The Morgan fingerprint density at radius 1 is 1.30 bits per heavy atom. The average molecular weight is 369 g/mol. The summed E-state index contributed by atoms with van der Waals surface area (Å²) in [6.07, 6.45) is 1.56. The van der Waals surface area contributed by atoms with Gasteiger partial charge in [0.05, 0.1) is 23.3 Å². The first kappa shape index (κ1) is 16.3. The van der Waals surface area contributed by atoms with E-state index in [9.17, 15) is 4.79 Å². The van der Waals surface area contributed by atoms with E-state index in [2.05, 4.69) is 4.98 Å². The number of halogens is 2. The topological polar surface area (TPSA) is 44.1 Å². The monoisotopic (exact) mass is 368 g/mol. The van der Waals surface area contributed by atoms with Crippen molar-refractivity contribution in [3.8, 4) is 5.75 Å². The van der Waals surface area contributed by atoms with E-state index in [-0.39, 0.29) is 5.56 Å². The molecule has 120 valence electrons. The van der Waals surface area contributed by atoms with Crippen molar-refractivity contribution >= 4 is 44.8 Å². The van der Waals surface area contributed by atoms with Crippen molar-refractivity contribution in [3.05, 3.63) is 55.4 Å². The minimum absolute atomic E-state index is 0.0392. The highest BCUT2D eigenvalue weighted by atomic mass is 35.5. The highest BCUT2D eigenvalue weighted by molar-refractivity contribution is 7.18. The number of aryl methyl sites for hydroxylation is 2. The zero-order valence-electron chi connectivity index (χ0n) is 12.6. The Morgan fingerprint density at radius 3 is 2.83 bits per heavy atom. The molecule has 1 aromatic carbocycles. The zero-order valence-corrected chi connectivity index (χ0v) is 14.9. The molecule has 0 spiro atoms. The molecule has 0 bridgehead atoms. The summed E-state index contributed by atoms with van der Waals surface area (Å²) in [5, 5.41) is 1.69. The number of ether oxygens (including phenoxy) is 1. The quantitative estimate of drug-likeness (QED) is 0.682. The summed E-state index contributed by atoms with van der Waals surface area (Å²) in [4.78, 5) is 18.8. The molecule has 0 saturated heterocycles. The van der Waals surface area contributed by atoms with Gasteiger partial charge in [-0.05, 0) is 37.6 Å². The number of nitrogens with zero attached hydrogens (tertiary/aromatic N) is 2. The van der Waals surface area contributed by atoms with Crippen molar-refractivity contribution in [2.45, 2.75) is 20.4 Å². The third-order valence-electron chi connectivity index (χ3n) is 3.64. The summed E-state index contributed by atoms with van der Waals surface area (Å²) < 4.78 is 7.18. The summed E-state index contributed by atoms with van der Waals surface area (Å²) >= 11 is 13.4. The van der Waals surface area contributed by atoms with Gasteiger partial charge in [0.25, 0.3) is 5.56 Å². The molecule has 2 heterocycles. The lowest BCUT2D eigenvalue weighted by molar-refractivity contribution is 0.296. The fourth-order valence-corrected chi connectivity index (χ4v) is 3.73. The van der Waals surface area contributed by atoms with Crippen molar-refractivity contribution in [1.29, 1.82) is 0 Å². The summed E-state index contributed by atoms with van der Waals surface area (Å²) in [7, 11) is 0. The number of hydrogen-bond acceptors (Lipinski definition) is 4. The molecule has 0 N–H and O–H groups in total.